The third-order valence-corrected chi connectivity index (χ3v) is 5.50. The number of fused-ring (bicyclic) bond motifs is 1. The van der Waals surface area contributed by atoms with Crippen LogP contribution in [0.3, 0.4) is 0 Å². The van der Waals surface area contributed by atoms with Gasteiger partial charge in [-0.15, -0.1) is 11.3 Å². The fraction of sp³-hybridized carbons (Fsp3) is 0.389. The van der Waals surface area contributed by atoms with E-state index in [1.54, 1.807) is 23.6 Å². The number of nitrogens with zero attached hydrogens (tertiary/aromatic N) is 2. The van der Waals surface area contributed by atoms with Crippen LogP contribution in [0.2, 0.25) is 0 Å². The maximum Gasteiger partial charge on any atom is 0.253 e. The number of rotatable bonds is 5. The summed E-state index contributed by atoms with van der Waals surface area (Å²) in [4.78, 5) is 25.7. The van der Waals surface area contributed by atoms with Crippen LogP contribution in [0.15, 0.2) is 29.8 Å². The molecule has 6 nitrogen and oxygen atoms in total. The van der Waals surface area contributed by atoms with Gasteiger partial charge in [-0.25, -0.2) is 9.97 Å². The minimum atomic E-state index is -0.0830. The Kier molecular flexibility index (Phi) is 4.76. The molecule has 130 valence electrons. The predicted octanol–water partition coefficient (Wildman–Crippen LogP) is 2.81. The molecule has 0 spiro atoms. The van der Waals surface area contributed by atoms with Crippen LogP contribution in [0, 0.1) is 5.92 Å². The number of amides is 1. The van der Waals surface area contributed by atoms with Crippen LogP contribution in [0.4, 0.5) is 0 Å². The van der Waals surface area contributed by atoms with E-state index in [1.807, 2.05) is 17.5 Å². The SMILES string of the molecule is O=C(NCCC1CCCNC1)c1ccnc2[nH]c(-c3cccs3)nc12. The molecule has 1 aliphatic rings. The minimum Gasteiger partial charge on any atom is -0.352 e. The van der Waals surface area contributed by atoms with E-state index in [0.717, 1.165) is 30.2 Å². The zero-order chi connectivity index (χ0) is 17.1. The zero-order valence-corrected chi connectivity index (χ0v) is 14.7. The molecule has 3 N–H and O–H groups in total. The molecule has 3 aromatic rings. The van der Waals surface area contributed by atoms with E-state index in [2.05, 4.69) is 25.6 Å². The lowest BCUT2D eigenvalue weighted by molar-refractivity contribution is 0.0952. The highest BCUT2D eigenvalue weighted by Gasteiger charge is 2.17. The quantitative estimate of drug-likeness (QED) is 0.657. The van der Waals surface area contributed by atoms with Gasteiger partial charge < -0.3 is 15.6 Å². The molecule has 25 heavy (non-hydrogen) atoms. The monoisotopic (exact) mass is 355 g/mol. The highest BCUT2D eigenvalue weighted by Crippen LogP contribution is 2.25. The van der Waals surface area contributed by atoms with E-state index >= 15 is 0 Å². The largest absolute Gasteiger partial charge is 0.352 e. The van der Waals surface area contributed by atoms with Crippen molar-refractivity contribution in [3.8, 4) is 10.7 Å². The Hall–Kier alpha value is -2.25. The van der Waals surface area contributed by atoms with Crippen molar-refractivity contribution in [3.05, 3.63) is 35.3 Å². The van der Waals surface area contributed by atoms with Gasteiger partial charge in [0, 0.05) is 12.7 Å². The Morgan fingerprint density at radius 1 is 1.40 bits per heavy atom. The molecule has 1 unspecified atom stereocenters. The number of pyridine rings is 1. The summed E-state index contributed by atoms with van der Waals surface area (Å²) in [5.74, 6) is 1.33. The third kappa shape index (κ3) is 3.57. The summed E-state index contributed by atoms with van der Waals surface area (Å²) in [5.41, 5.74) is 1.85. The van der Waals surface area contributed by atoms with E-state index < -0.39 is 0 Å². The summed E-state index contributed by atoms with van der Waals surface area (Å²) in [6.07, 6.45) is 5.13. The molecule has 3 aromatic heterocycles. The summed E-state index contributed by atoms with van der Waals surface area (Å²) in [6.45, 7) is 2.86. The van der Waals surface area contributed by atoms with Crippen molar-refractivity contribution in [2.24, 2.45) is 5.92 Å². The molecule has 7 heteroatoms. The van der Waals surface area contributed by atoms with Crippen molar-refractivity contribution in [1.29, 1.82) is 0 Å². The highest BCUT2D eigenvalue weighted by atomic mass is 32.1. The fourth-order valence-electron chi connectivity index (χ4n) is 3.28. The average molecular weight is 355 g/mol. The van der Waals surface area contributed by atoms with E-state index in [4.69, 9.17) is 0 Å². The molecule has 0 saturated carbocycles. The molecule has 1 aliphatic heterocycles. The number of imidazole rings is 1. The summed E-state index contributed by atoms with van der Waals surface area (Å²) in [7, 11) is 0. The second-order valence-electron chi connectivity index (χ2n) is 6.38. The molecule has 1 saturated heterocycles. The second-order valence-corrected chi connectivity index (χ2v) is 7.32. The molecule has 4 rings (SSSR count). The lowest BCUT2D eigenvalue weighted by Gasteiger charge is -2.22. The van der Waals surface area contributed by atoms with Crippen LogP contribution >= 0.6 is 11.3 Å². The van der Waals surface area contributed by atoms with E-state index in [0.29, 0.717) is 29.2 Å². The Labute approximate surface area is 150 Å². The number of hydrogen-bond donors (Lipinski definition) is 3. The predicted molar refractivity (Wildman–Crippen MR) is 99.7 cm³/mol. The number of thiophene rings is 1. The maximum absolute atomic E-state index is 12.6. The Morgan fingerprint density at radius 2 is 2.36 bits per heavy atom. The van der Waals surface area contributed by atoms with Crippen LogP contribution in [0.1, 0.15) is 29.6 Å². The van der Waals surface area contributed by atoms with Crippen LogP contribution in [0.5, 0.6) is 0 Å². The summed E-state index contributed by atoms with van der Waals surface area (Å²) in [5, 5.41) is 8.45. The Bertz CT molecular complexity index is 852. The topological polar surface area (TPSA) is 82.7 Å². The molecule has 1 amide bonds. The number of H-pyrrole nitrogens is 1. The van der Waals surface area contributed by atoms with Gasteiger partial charge in [-0.3, -0.25) is 4.79 Å². The standard InChI is InChI=1S/C18H21N5OS/c24-18(21-8-5-12-3-1-7-19-11-12)13-6-9-20-17-15(13)22-16(23-17)14-4-2-10-25-14/h2,4,6,9-10,12,19H,1,3,5,7-8,11H2,(H,21,24)(H,20,22,23). The first-order chi connectivity index (χ1) is 12.3. The van der Waals surface area contributed by atoms with Gasteiger partial charge in [0.1, 0.15) is 11.3 Å². The van der Waals surface area contributed by atoms with Gasteiger partial charge in [0.2, 0.25) is 0 Å². The highest BCUT2D eigenvalue weighted by molar-refractivity contribution is 7.13. The van der Waals surface area contributed by atoms with Crippen molar-refractivity contribution in [1.82, 2.24) is 25.6 Å². The number of hydrogen-bond acceptors (Lipinski definition) is 5. The maximum atomic E-state index is 12.6. The molecule has 1 fully saturated rings. The van der Waals surface area contributed by atoms with Gasteiger partial charge >= 0.3 is 0 Å². The van der Waals surface area contributed by atoms with Crippen molar-refractivity contribution in [3.63, 3.8) is 0 Å². The lowest BCUT2D eigenvalue weighted by Crippen LogP contribution is -2.33. The number of carbonyl (C=O) groups is 1. The smallest absolute Gasteiger partial charge is 0.253 e. The normalized spacial score (nSPS) is 17.7. The van der Waals surface area contributed by atoms with Gasteiger partial charge in [0.05, 0.1) is 10.4 Å². The number of aromatic amines is 1. The molecular formula is C18H21N5OS. The molecule has 4 heterocycles. The van der Waals surface area contributed by atoms with Crippen molar-refractivity contribution >= 4 is 28.4 Å². The van der Waals surface area contributed by atoms with Crippen molar-refractivity contribution < 1.29 is 4.79 Å². The Balaban J connectivity index is 1.47. The molecule has 0 aromatic carbocycles. The molecule has 0 radical (unpaired) electrons. The van der Waals surface area contributed by atoms with Crippen LogP contribution in [-0.2, 0) is 0 Å². The van der Waals surface area contributed by atoms with E-state index in [1.165, 1.54) is 12.8 Å². The first kappa shape index (κ1) is 16.2. The fourth-order valence-corrected chi connectivity index (χ4v) is 3.95. The van der Waals surface area contributed by atoms with Gasteiger partial charge in [-0.2, -0.15) is 0 Å². The van der Waals surface area contributed by atoms with Gasteiger partial charge in [-0.1, -0.05) is 6.07 Å². The number of carbonyl (C=O) groups excluding carboxylic acids is 1. The summed E-state index contributed by atoms with van der Waals surface area (Å²) >= 11 is 1.61. The summed E-state index contributed by atoms with van der Waals surface area (Å²) in [6, 6.07) is 5.72. The second kappa shape index (κ2) is 7.33. The summed E-state index contributed by atoms with van der Waals surface area (Å²) < 4.78 is 0. The first-order valence-electron chi connectivity index (χ1n) is 8.69. The average Bonchev–Trinajstić information content (AvgIpc) is 3.31. The number of nitrogens with one attached hydrogen (secondary N) is 3. The number of aromatic nitrogens is 3. The first-order valence-corrected chi connectivity index (χ1v) is 9.57. The van der Waals surface area contributed by atoms with Gasteiger partial charge in [0.25, 0.3) is 5.91 Å². The van der Waals surface area contributed by atoms with Crippen LogP contribution in [-0.4, -0.2) is 40.5 Å². The van der Waals surface area contributed by atoms with Crippen molar-refractivity contribution in [2.75, 3.05) is 19.6 Å². The molecule has 0 aliphatic carbocycles. The molecule has 1 atom stereocenters. The van der Waals surface area contributed by atoms with Gasteiger partial charge in [-0.05, 0) is 55.8 Å². The van der Waals surface area contributed by atoms with Gasteiger partial charge in [0.15, 0.2) is 5.65 Å². The third-order valence-electron chi connectivity index (χ3n) is 4.62. The number of piperidine rings is 1. The lowest BCUT2D eigenvalue weighted by atomic mass is 9.96. The minimum absolute atomic E-state index is 0.0830. The van der Waals surface area contributed by atoms with E-state index in [-0.39, 0.29) is 5.91 Å². The zero-order valence-electron chi connectivity index (χ0n) is 13.9. The van der Waals surface area contributed by atoms with E-state index in [9.17, 15) is 4.79 Å². The molecular weight excluding hydrogens is 334 g/mol. The molecule has 0 bridgehead atoms. The van der Waals surface area contributed by atoms with Crippen LogP contribution in [0.25, 0.3) is 21.9 Å². The Morgan fingerprint density at radius 3 is 3.16 bits per heavy atom. The van der Waals surface area contributed by atoms with Crippen LogP contribution < -0.4 is 10.6 Å². The van der Waals surface area contributed by atoms with Crippen molar-refractivity contribution in [2.45, 2.75) is 19.3 Å².